The molecular weight excluding hydrogens is 347 g/mol. The van der Waals surface area contributed by atoms with Crippen LogP contribution in [0.5, 0.6) is 0 Å². The molecule has 0 saturated heterocycles. The maximum Gasteiger partial charge on any atom is 0.113 e. The number of ether oxygens (including phenoxy) is 1. The largest absolute Gasteiger partial charge is 0.396 e. The molecule has 1 aromatic carbocycles. The molecule has 0 aliphatic heterocycles. The first-order valence-corrected chi connectivity index (χ1v) is 9.82. The van der Waals surface area contributed by atoms with Gasteiger partial charge < -0.3 is 14.4 Å². The summed E-state index contributed by atoms with van der Waals surface area (Å²) < 4.78 is 7.92. The standard InChI is InChI=1S/C23H29BN2O2/c1-6-26-20-10-9-16(24)12-18(20)19(13-23(3,4)14-27)22(26)17-8-7-11-25-21(17)15(2)28-5/h7-12,15,27H,6,13-14H2,1-5H3. The molecule has 1 atom stereocenters. The fourth-order valence-electron chi connectivity index (χ4n) is 3.84. The van der Waals surface area contributed by atoms with E-state index >= 15 is 0 Å². The van der Waals surface area contributed by atoms with Crippen molar-refractivity contribution in [3.05, 3.63) is 47.8 Å². The lowest BCUT2D eigenvalue weighted by Gasteiger charge is -2.23. The van der Waals surface area contributed by atoms with Gasteiger partial charge >= 0.3 is 0 Å². The lowest BCUT2D eigenvalue weighted by molar-refractivity contribution is 0.116. The number of nitrogens with zero attached hydrogens (tertiary/aromatic N) is 2. The molecule has 5 heteroatoms. The highest BCUT2D eigenvalue weighted by molar-refractivity contribution is 6.33. The Labute approximate surface area is 169 Å². The number of aromatic nitrogens is 2. The zero-order valence-electron chi connectivity index (χ0n) is 17.5. The summed E-state index contributed by atoms with van der Waals surface area (Å²) >= 11 is 0. The van der Waals surface area contributed by atoms with Gasteiger partial charge in [0.15, 0.2) is 0 Å². The van der Waals surface area contributed by atoms with Crippen LogP contribution >= 0.6 is 0 Å². The average molecular weight is 376 g/mol. The topological polar surface area (TPSA) is 47.3 Å². The highest BCUT2D eigenvalue weighted by Crippen LogP contribution is 2.39. The van der Waals surface area contributed by atoms with Crippen LogP contribution in [0.4, 0.5) is 0 Å². The van der Waals surface area contributed by atoms with E-state index in [2.05, 4.69) is 42.5 Å². The quantitative estimate of drug-likeness (QED) is 0.639. The Bertz CT molecular complexity index is 978. The Kier molecular flexibility index (Phi) is 5.97. The monoisotopic (exact) mass is 376 g/mol. The average Bonchev–Trinajstić information content (AvgIpc) is 2.99. The number of aliphatic hydroxyl groups excluding tert-OH is 1. The minimum atomic E-state index is -0.249. The predicted octanol–water partition coefficient (Wildman–Crippen LogP) is 3.79. The van der Waals surface area contributed by atoms with Gasteiger partial charge in [-0.15, -0.1) is 0 Å². The third-order valence-electron chi connectivity index (χ3n) is 5.42. The van der Waals surface area contributed by atoms with Gasteiger partial charge in [-0.2, -0.15) is 0 Å². The molecule has 0 bridgehead atoms. The molecular formula is C23H29BN2O2. The van der Waals surface area contributed by atoms with E-state index in [-0.39, 0.29) is 18.1 Å². The van der Waals surface area contributed by atoms with Crippen molar-refractivity contribution in [2.24, 2.45) is 5.41 Å². The van der Waals surface area contributed by atoms with Crippen molar-refractivity contribution in [1.29, 1.82) is 0 Å². The van der Waals surface area contributed by atoms with Crippen LogP contribution in [0.15, 0.2) is 36.5 Å². The minimum absolute atomic E-state index is 0.113. The van der Waals surface area contributed by atoms with Crippen LogP contribution in [0.25, 0.3) is 22.2 Å². The summed E-state index contributed by atoms with van der Waals surface area (Å²) in [6, 6.07) is 10.2. The Balaban J connectivity index is 2.39. The summed E-state index contributed by atoms with van der Waals surface area (Å²) in [5.74, 6) is 0. The van der Waals surface area contributed by atoms with E-state index in [1.54, 1.807) is 7.11 Å². The van der Waals surface area contributed by atoms with Crippen molar-refractivity contribution >= 4 is 24.2 Å². The van der Waals surface area contributed by atoms with Gasteiger partial charge in [0.1, 0.15) is 7.85 Å². The van der Waals surface area contributed by atoms with Gasteiger partial charge in [-0.1, -0.05) is 31.4 Å². The number of aryl methyl sites for hydroxylation is 1. The van der Waals surface area contributed by atoms with E-state index in [1.165, 1.54) is 5.56 Å². The van der Waals surface area contributed by atoms with Gasteiger partial charge in [0.2, 0.25) is 0 Å². The lowest BCUT2D eigenvalue weighted by Crippen LogP contribution is -2.20. The highest BCUT2D eigenvalue weighted by Gasteiger charge is 2.27. The molecule has 2 heterocycles. The van der Waals surface area contributed by atoms with Crippen molar-refractivity contribution in [2.45, 2.75) is 46.8 Å². The van der Waals surface area contributed by atoms with Crippen LogP contribution in [0.3, 0.4) is 0 Å². The highest BCUT2D eigenvalue weighted by atomic mass is 16.5. The number of methoxy groups -OCH3 is 1. The normalized spacial score (nSPS) is 13.2. The molecule has 28 heavy (non-hydrogen) atoms. The van der Waals surface area contributed by atoms with E-state index in [1.807, 2.05) is 31.3 Å². The van der Waals surface area contributed by atoms with Gasteiger partial charge in [0, 0.05) is 42.9 Å². The summed E-state index contributed by atoms with van der Waals surface area (Å²) in [5, 5.41) is 11.1. The number of rotatable bonds is 7. The van der Waals surface area contributed by atoms with Crippen molar-refractivity contribution in [2.75, 3.05) is 13.7 Å². The second kappa shape index (κ2) is 8.10. The third-order valence-corrected chi connectivity index (χ3v) is 5.42. The molecule has 0 aliphatic rings. The van der Waals surface area contributed by atoms with Gasteiger partial charge in [-0.3, -0.25) is 4.98 Å². The first kappa shape index (κ1) is 20.6. The van der Waals surface area contributed by atoms with Gasteiger partial charge in [-0.05, 0) is 49.4 Å². The number of fused-ring (bicyclic) bond motifs is 1. The molecule has 3 aromatic rings. The molecule has 2 radical (unpaired) electrons. The summed E-state index contributed by atoms with van der Waals surface area (Å²) in [7, 11) is 7.84. The number of hydrogen-bond acceptors (Lipinski definition) is 3. The molecule has 2 aromatic heterocycles. The van der Waals surface area contributed by atoms with Crippen molar-refractivity contribution in [3.63, 3.8) is 0 Å². The fraction of sp³-hybridized carbons (Fsp3) is 0.435. The molecule has 3 rings (SSSR count). The van der Waals surface area contributed by atoms with E-state index in [0.29, 0.717) is 0 Å². The number of hydrogen-bond donors (Lipinski definition) is 1. The second-order valence-corrected chi connectivity index (χ2v) is 8.16. The first-order valence-electron chi connectivity index (χ1n) is 9.82. The summed E-state index contributed by atoms with van der Waals surface area (Å²) in [4.78, 5) is 4.63. The first-order chi connectivity index (χ1) is 13.3. The molecule has 0 aliphatic carbocycles. The Morgan fingerprint density at radius 2 is 2.04 bits per heavy atom. The van der Waals surface area contributed by atoms with Crippen LogP contribution in [-0.4, -0.2) is 36.2 Å². The Morgan fingerprint density at radius 3 is 2.68 bits per heavy atom. The predicted molar refractivity (Wildman–Crippen MR) is 116 cm³/mol. The summed E-state index contributed by atoms with van der Waals surface area (Å²) in [6.07, 6.45) is 2.42. The van der Waals surface area contributed by atoms with Gasteiger partial charge in [0.25, 0.3) is 0 Å². The Morgan fingerprint density at radius 1 is 1.29 bits per heavy atom. The summed E-state index contributed by atoms with van der Waals surface area (Å²) in [6.45, 7) is 9.27. The van der Waals surface area contributed by atoms with Crippen LogP contribution in [0.2, 0.25) is 0 Å². The molecule has 1 unspecified atom stereocenters. The molecule has 0 saturated carbocycles. The zero-order valence-corrected chi connectivity index (χ0v) is 17.5. The molecule has 1 N–H and O–H groups in total. The molecule has 4 nitrogen and oxygen atoms in total. The molecule has 0 fully saturated rings. The van der Waals surface area contributed by atoms with E-state index in [4.69, 9.17) is 12.6 Å². The van der Waals surface area contributed by atoms with Crippen molar-refractivity contribution in [1.82, 2.24) is 9.55 Å². The van der Waals surface area contributed by atoms with Crippen molar-refractivity contribution < 1.29 is 9.84 Å². The van der Waals surface area contributed by atoms with Crippen LogP contribution < -0.4 is 5.46 Å². The minimum Gasteiger partial charge on any atom is -0.396 e. The van der Waals surface area contributed by atoms with E-state index in [0.717, 1.165) is 46.3 Å². The molecule has 146 valence electrons. The van der Waals surface area contributed by atoms with Crippen LogP contribution in [0.1, 0.15) is 45.1 Å². The van der Waals surface area contributed by atoms with Crippen LogP contribution in [-0.2, 0) is 17.7 Å². The maximum absolute atomic E-state index is 9.92. The lowest BCUT2D eigenvalue weighted by atomic mass is 9.83. The second-order valence-electron chi connectivity index (χ2n) is 8.16. The maximum atomic E-state index is 9.92. The van der Waals surface area contributed by atoms with Crippen molar-refractivity contribution in [3.8, 4) is 11.3 Å². The molecule has 0 amide bonds. The summed E-state index contributed by atoms with van der Waals surface area (Å²) in [5.41, 5.74) is 5.96. The SMILES string of the molecule is [B]c1ccc2c(c1)c(CC(C)(C)CO)c(-c1cccnc1C(C)OC)n2CC. The molecule has 0 spiro atoms. The van der Waals surface area contributed by atoms with Gasteiger partial charge in [-0.25, -0.2) is 0 Å². The fourth-order valence-corrected chi connectivity index (χ4v) is 3.84. The number of pyridine rings is 1. The Hall–Kier alpha value is -2.11. The van der Waals surface area contributed by atoms with Crippen LogP contribution in [0, 0.1) is 5.41 Å². The zero-order chi connectivity index (χ0) is 20.5. The number of aliphatic hydroxyl groups is 1. The van der Waals surface area contributed by atoms with E-state index < -0.39 is 0 Å². The third kappa shape index (κ3) is 3.74. The number of benzene rings is 1. The van der Waals surface area contributed by atoms with Gasteiger partial charge in [0.05, 0.1) is 17.5 Å². The van der Waals surface area contributed by atoms with E-state index in [9.17, 15) is 5.11 Å². The smallest absolute Gasteiger partial charge is 0.113 e.